The molecule has 0 bridgehead atoms. The number of likely N-dealkylation sites (N-methyl/N-ethyl adjacent to an activating group) is 2. The first-order chi connectivity index (χ1) is 6.00. The predicted molar refractivity (Wildman–Crippen MR) is 46.3 cm³/mol. The van der Waals surface area contributed by atoms with Gasteiger partial charge in [-0.25, -0.2) is 0 Å². The van der Waals surface area contributed by atoms with E-state index in [1.807, 2.05) is 11.9 Å². The minimum atomic E-state index is -0.861. The third-order valence-electron chi connectivity index (χ3n) is 2.28. The van der Waals surface area contributed by atoms with E-state index in [0.717, 1.165) is 0 Å². The maximum atomic E-state index is 11.3. The summed E-state index contributed by atoms with van der Waals surface area (Å²) in [6, 6.07) is -0.191. The number of carboxylic acid groups (broad SMARTS) is 1. The molecule has 13 heavy (non-hydrogen) atoms. The molecular weight excluding hydrogens is 172 g/mol. The molecule has 5 heteroatoms. The summed E-state index contributed by atoms with van der Waals surface area (Å²) in [5.41, 5.74) is 0. The lowest BCUT2D eigenvalue weighted by Gasteiger charge is -2.36. The molecule has 74 valence electrons. The smallest absolute Gasteiger partial charge is 0.305 e. The van der Waals surface area contributed by atoms with Crippen LogP contribution in [0.4, 0.5) is 0 Å². The topological polar surface area (TPSA) is 60.9 Å². The Balaban J connectivity index is 2.60. The second kappa shape index (κ2) is 3.74. The van der Waals surface area contributed by atoms with Crippen LogP contribution in [0.5, 0.6) is 0 Å². The summed E-state index contributed by atoms with van der Waals surface area (Å²) in [5.74, 6) is -0.875. The van der Waals surface area contributed by atoms with Crippen molar-refractivity contribution >= 4 is 11.9 Å². The quantitative estimate of drug-likeness (QED) is 0.615. The van der Waals surface area contributed by atoms with Crippen molar-refractivity contribution in [1.82, 2.24) is 9.80 Å². The van der Waals surface area contributed by atoms with Crippen LogP contribution in [0.1, 0.15) is 6.42 Å². The summed E-state index contributed by atoms with van der Waals surface area (Å²) in [7, 11) is 3.47. The molecule has 0 aromatic carbocycles. The van der Waals surface area contributed by atoms with E-state index >= 15 is 0 Å². The predicted octanol–water partition coefficient (Wildman–Crippen LogP) is -0.766. The standard InChI is InChI=1S/C8H14N2O3/c1-9-4-6(3-8(12)13)10(2)7(11)5-9/h6H,3-5H2,1-2H3,(H,12,13). The van der Waals surface area contributed by atoms with Gasteiger partial charge in [-0.2, -0.15) is 0 Å². The molecule has 1 rings (SSSR count). The molecule has 0 aromatic rings. The van der Waals surface area contributed by atoms with Gasteiger partial charge in [-0.3, -0.25) is 14.5 Å². The Morgan fingerprint density at radius 2 is 2.23 bits per heavy atom. The van der Waals surface area contributed by atoms with E-state index in [4.69, 9.17) is 5.11 Å². The summed E-state index contributed by atoms with van der Waals surface area (Å²) >= 11 is 0. The second-order valence-corrected chi connectivity index (χ2v) is 3.45. The first-order valence-corrected chi connectivity index (χ1v) is 4.16. The van der Waals surface area contributed by atoms with Crippen molar-refractivity contribution in [2.45, 2.75) is 12.5 Å². The van der Waals surface area contributed by atoms with Crippen LogP contribution in [0.3, 0.4) is 0 Å². The number of hydrogen-bond donors (Lipinski definition) is 1. The Bertz CT molecular complexity index is 229. The highest BCUT2D eigenvalue weighted by Crippen LogP contribution is 2.10. The van der Waals surface area contributed by atoms with Crippen molar-refractivity contribution in [1.29, 1.82) is 0 Å². The van der Waals surface area contributed by atoms with E-state index in [1.165, 1.54) is 4.90 Å². The summed E-state index contributed by atoms with van der Waals surface area (Å²) < 4.78 is 0. The molecule has 0 saturated carbocycles. The van der Waals surface area contributed by atoms with Crippen molar-refractivity contribution in [3.63, 3.8) is 0 Å². The number of carbonyl (C=O) groups is 2. The minimum absolute atomic E-state index is 0.0139. The maximum absolute atomic E-state index is 11.3. The van der Waals surface area contributed by atoms with Crippen LogP contribution in [0.25, 0.3) is 0 Å². The van der Waals surface area contributed by atoms with Crippen molar-refractivity contribution in [2.75, 3.05) is 27.2 Å². The molecule has 1 aliphatic rings. The van der Waals surface area contributed by atoms with Gasteiger partial charge in [-0.05, 0) is 7.05 Å². The van der Waals surface area contributed by atoms with E-state index in [0.29, 0.717) is 13.1 Å². The average Bonchev–Trinajstić information content (AvgIpc) is 1.98. The molecule has 0 radical (unpaired) electrons. The number of carboxylic acids is 1. The monoisotopic (exact) mass is 186 g/mol. The van der Waals surface area contributed by atoms with Gasteiger partial charge in [-0.1, -0.05) is 0 Å². The first-order valence-electron chi connectivity index (χ1n) is 4.16. The van der Waals surface area contributed by atoms with Gasteiger partial charge >= 0.3 is 5.97 Å². The van der Waals surface area contributed by atoms with Gasteiger partial charge in [0.1, 0.15) is 0 Å². The highest BCUT2D eigenvalue weighted by atomic mass is 16.4. The van der Waals surface area contributed by atoms with Crippen molar-refractivity contribution in [2.24, 2.45) is 0 Å². The lowest BCUT2D eigenvalue weighted by Crippen LogP contribution is -2.54. The molecule has 1 atom stereocenters. The van der Waals surface area contributed by atoms with Crippen LogP contribution >= 0.6 is 0 Å². The molecule has 1 heterocycles. The molecule has 1 unspecified atom stereocenters. The van der Waals surface area contributed by atoms with Gasteiger partial charge in [0.15, 0.2) is 0 Å². The highest BCUT2D eigenvalue weighted by Gasteiger charge is 2.29. The SMILES string of the molecule is CN1CC(=O)N(C)C(CC(=O)O)C1. The third kappa shape index (κ3) is 2.42. The van der Waals surface area contributed by atoms with Crippen molar-refractivity contribution < 1.29 is 14.7 Å². The summed E-state index contributed by atoms with van der Waals surface area (Å²) in [4.78, 5) is 25.1. The van der Waals surface area contributed by atoms with Crippen LogP contribution in [0, 0.1) is 0 Å². The maximum Gasteiger partial charge on any atom is 0.305 e. The highest BCUT2D eigenvalue weighted by molar-refractivity contribution is 5.80. The Morgan fingerprint density at radius 1 is 1.62 bits per heavy atom. The van der Waals surface area contributed by atoms with Crippen LogP contribution in [0.2, 0.25) is 0 Å². The largest absolute Gasteiger partial charge is 0.481 e. The molecule has 0 aromatic heterocycles. The third-order valence-corrected chi connectivity index (χ3v) is 2.28. The number of rotatable bonds is 2. The number of hydrogen-bond acceptors (Lipinski definition) is 3. The Hall–Kier alpha value is -1.10. The van der Waals surface area contributed by atoms with E-state index < -0.39 is 5.97 Å². The molecule has 0 aliphatic carbocycles. The molecule has 1 aliphatic heterocycles. The fourth-order valence-electron chi connectivity index (χ4n) is 1.50. The number of nitrogens with zero attached hydrogens (tertiary/aromatic N) is 2. The number of aliphatic carboxylic acids is 1. The number of carbonyl (C=O) groups excluding carboxylic acids is 1. The summed E-state index contributed by atoms with van der Waals surface area (Å²) in [6.07, 6.45) is 0.0204. The molecule has 1 N–H and O–H groups in total. The lowest BCUT2D eigenvalue weighted by atomic mass is 10.1. The molecule has 5 nitrogen and oxygen atoms in total. The summed E-state index contributed by atoms with van der Waals surface area (Å²) in [5, 5.41) is 8.60. The van der Waals surface area contributed by atoms with Crippen LogP contribution < -0.4 is 0 Å². The van der Waals surface area contributed by atoms with Crippen LogP contribution in [-0.4, -0.2) is 60.0 Å². The number of amides is 1. The van der Waals surface area contributed by atoms with Crippen molar-refractivity contribution in [3.8, 4) is 0 Å². The molecule has 1 amide bonds. The van der Waals surface area contributed by atoms with Crippen LogP contribution in [0.15, 0.2) is 0 Å². The van der Waals surface area contributed by atoms with Gasteiger partial charge < -0.3 is 10.0 Å². The second-order valence-electron chi connectivity index (χ2n) is 3.45. The lowest BCUT2D eigenvalue weighted by molar-refractivity contribution is -0.143. The minimum Gasteiger partial charge on any atom is -0.481 e. The average molecular weight is 186 g/mol. The fraction of sp³-hybridized carbons (Fsp3) is 0.750. The fourth-order valence-corrected chi connectivity index (χ4v) is 1.50. The molecule has 1 saturated heterocycles. The van der Waals surface area contributed by atoms with Gasteiger partial charge in [0.25, 0.3) is 0 Å². The Morgan fingerprint density at radius 3 is 2.77 bits per heavy atom. The molecule has 0 spiro atoms. The van der Waals surface area contributed by atoms with Crippen LogP contribution in [-0.2, 0) is 9.59 Å². The zero-order valence-corrected chi connectivity index (χ0v) is 7.86. The first kappa shape index (κ1) is 9.98. The Labute approximate surface area is 76.9 Å². The van der Waals surface area contributed by atoms with Crippen molar-refractivity contribution in [3.05, 3.63) is 0 Å². The number of piperazine rings is 1. The van der Waals surface area contributed by atoms with E-state index in [1.54, 1.807) is 7.05 Å². The molecular formula is C8H14N2O3. The summed E-state index contributed by atoms with van der Waals surface area (Å²) in [6.45, 7) is 1.02. The normalized spacial score (nSPS) is 24.9. The zero-order chi connectivity index (χ0) is 10.0. The molecule has 1 fully saturated rings. The van der Waals surface area contributed by atoms with Gasteiger partial charge in [0.05, 0.1) is 19.0 Å². The Kier molecular flexibility index (Phi) is 2.87. The zero-order valence-electron chi connectivity index (χ0n) is 7.86. The van der Waals surface area contributed by atoms with E-state index in [9.17, 15) is 9.59 Å². The van der Waals surface area contributed by atoms with Gasteiger partial charge in [0.2, 0.25) is 5.91 Å². The van der Waals surface area contributed by atoms with Gasteiger partial charge in [0, 0.05) is 13.6 Å². The van der Waals surface area contributed by atoms with Gasteiger partial charge in [-0.15, -0.1) is 0 Å². The van der Waals surface area contributed by atoms with E-state index in [-0.39, 0.29) is 18.4 Å². The van der Waals surface area contributed by atoms with E-state index in [2.05, 4.69) is 0 Å².